The first-order chi connectivity index (χ1) is 14.5. The van der Waals surface area contributed by atoms with Crippen LogP contribution < -0.4 is 14.4 Å². The Bertz CT molecular complexity index is 1060. The van der Waals surface area contributed by atoms with Gasteiger partial charge in [-0.1, -0.05) is 23.4 Å². The van der Waals surface area contributed by atoms with Crippen molar-refractivity contribution in [2.45, 2.75) is 39.2 Å². The minimum Gasteiger partial charge on any atom is -0.493 e. The van der Waals surface area contributed by atoms with Gasteiger partial charge in [0.05, 0.1) is 19.1 Å². The van der Waals surface area contributed by atoms with Gasteiger partial charge in [-0.3, -0.25) is 4.79 Å². The Kier molecular flexibility index (Phi) is 5.44. The Labute approximate surface area is 175 Å². The fraction of sp³-hybridized carbons (Fsp3) is 0.348. The molecule has 1 aromatic heterocycles. The van der Waals surface area contributed by atoms with Crippen LogP contribution in [-0.4, -0.2) is 35.8 Å². The summed E-state index contributed by atoms with van der Waals surface area (Å²) < 4.78 is 16.7. The molecule has 0 radical (unpaired) electrons. The van der Waals surface area contributed by atoms with Crippen LogP contribution in [0.25, 0.3) is 11.4 Å². The van der Waals surface area contributed by atoms with Crippen molar-refractivity contribution in [2.24, 2.45) is 0 Å². The normalized spacial score (nSPS) is 16.4. The average Bonchev–Trinajstić information content (AvgIpc) is 3.35. The molecule has 1 aliphatic heterocycles. The molecule has 0 aliphatic carbocycles. The monoisotopic (exact) mass is 407 g/mol. The van der Waals surface area contributed by atoms with E-state index < -0.39 is 0 Å². The minimum absolute atomic E-state index is 0.0395. The summed E-state index contributed by atoms with van der Waals surface area (Å²) in [6.45, 7) is 6.44. The number of aromatic nitrogens is 2. The second-order valence-electron chi connectivity index (χ2n) is 7.68. The third-order valence-electron chi connectivity index (χ3n) is 5.11. The number of hydrogen-bond donors (Lipinski definition) is 0. The van der Waals surface area contributed by atoms with E-state index in [0.29, 0.717) is 36.2 Å². The summed E-state index contributed by atoms with van der Waals surface area (Å²) in [5.74, 6) is 2.12. The maximum Gasteiger partial charge on any atom is 0.232 e. The van der Waals surface area contributed by atoms with E-state index in [1.165, 1.54) is 0 Å². The van der Waals surface area contributed by atoms with Crippen LogP contribution in [0, 0.1) is 6.92 Å². The lowest BCUT2D eigenvalue weighted by atomic mass is 10.1. The molecule has 3 aromatic rings. The second kappa shape index (κ2) is 8.18. The van der Waals surface area contributed by atoms with E-state index in [2.05, 4.69) is 10.1 Å². The third-order valence-corrected chi connectivity index (χ3v) is 5.11. The molecule has 1 saturated heterocycles. The quantitative estimate of drug-likeness (QED) is 0.604. The fourth-order valence-electron chi connectivity index (χ4n) is 3.65. The number of para-hydroxylation sites is 1. The molecule has 0 bridgehead atoms. The van der Waals surface area contributed by atoms with Gasteiger partial charge in [0.25, 0.3) is 0 Å². The predicted molar refractivity (Wildman–Crippen MR) is 113 cm³/mol. The summed E-state index contributed by atoms with van der Waals surface area (Å²) >= 11 is 0. The number of carbonyl (C=O) groups excluding carboxylic acids is 1. The summed E-state index contributed by atoms with van der Waals surface area (Å²) in [6.07, 6.45) is 0.387. The van der Waals surface area contributed by atoms with E-state index >= 15 is 0 Å². The molecule has 2 aromatic carbocycles. The number of rotatable bonds is 6. The van der Waals surface area contributed by atoms with E-state index in [9.17, 15) is 4.79 Å². The van der Waals surface area contributed by atoms with E-state index in [4.69, 9.17) is 14.0 Å². The van der Waals surface area contributed by atoms with Gasteiger partial charge < -0.3 is 18.9 Å². The van der Waals surface area contributed by atoms with Gasteiger partial charge in [-0.25, -0.2) is 0 Å². The first-order valence-corrected chi connectivity index (χ1v) is 10.0. The van der Waals surface area contributed by atoms with Crippen molar-refractivity contribution in [3.8, 4) is 22.9 Å². The number of ether oxygens (including phenoxy) is 2. The molecule has 7 heteroatoms. The molecule has 0 saturated carbocycles. The van der Waals surface area contributed by atoms with E-state index in [0.717, 1.165) is 16.8 Å². The summed E-state index contributed by atoms with van der Waals surface area (Å²) in [5, 5.41) is 4.13. The number of amides is 1. The highest BCUT2D eigenvalue weighted by molar-refractivity contribution is 5.97. The first-order valence-electron chi connectivity index (χ1n) is 10.0. The van der Waals surface area contributed by atoms with Gasteiger partial charge in [-0.05, 0) is 50.6 Å². The Hall–Kier alpha value is -3.35. The number of benzene rings is 2. The lowest BCUT2D eigenvalue weighted by molar-refractivity contribution is -0.117. The molecule has 1 amide bonds. The van der Waals surface area contributed by atoms with Crippen molar-refractivity contribution >= 4 is 11.6 Å². The van der Waals surface area contributed by atoms with E-state index in [-0.39, 0.29) is 17.9 Å². The van der Waals surface area contributed by atoms with Crippen LogP contribution in [0.2, 0.25) is 0 Å². The molecule has 1 unspecified atom stereocenters. The molecule has 7 nitrogen and oxygen atoms in total. The first kappa shape index (κ1) is 19.9. The van der Waals surface area contributed by atoms with Crippen LogP contribution >= 0.6 is 0 Å². The standard InChI is InChI=1S/C23H25N3O4/c1-14(2)29-19-10-9-16(11-20(19)28-4)22-24-23(30-25-22)17-12-21(27)26(13-17)18-8-6-5-7-15(18)3/h5-11,14,17H,12-13H2,1-4H3. The highest BCUT2D eigenvalue weighted by Gasteiger charge is 2.35. The molecular weight excluding hydrogens is 382 g/mol. The van der Waals surface area contributed by atoms with E-state index in [1.807, 2.05) is 63.2 Å². The zero-order valence-corrected chi connectivity index (χ0v) is 17.6. The molecule has 1 fully saturated rings. The molecule has 156 valence electrons. The zero-order valence-electron chi connectivity index (χ0n) is 17.6. The SMILES string of the molecule is COc1cc(-c2noc(C3CC(=O)N(c4ccccc4C)C3)n2)ccc1OC(C)C. The van der Waals surface area contributed by atoms with Crippen LogP contribution in [0.5, 0.6) is 11.5 Å². The van der Waals surface area contributed by atoms with Crippen molar-refractivity contribution in [3.63, 3.8) is 0 Å². The van der Waals surface area contributed by atoms with Crippen LogP contribution in [-0.2, 0) is 4.79 Å². The molecule has 4 rings (SSSR count). The molecular formula is C23H25N3O4. The van der Waals surface area contributed by atoms with Gasteiger partial charge in [0.1, 0.15) is 0 Å². The Morgan fingerprint density at radius 3 is 2.70 bits per heavy atom. The van der Waals surface area contributed by atoms with Crippen molar-refractivity contribution in [3.05, 3.63) is 53.9 Å². The number of carbonyl (C=O) groups is 1. The number of methoxy groups -OCH3 is 1. The van der Waals surface area contributed by atoms with Gasteiger partial charge >= 0.3 is 0 Å². The molecule has 0 N–H and O–H groups in total. The van der Waals surface area contributed by atoms with E-state index in [1.54, 1.807) is 12.0 Å². The molecule has 1 atom stereocenters. The second-order valence-corrected chi connectivity index (χ2v) is 7.68. The predicted octanol–water partition coefficient (Wildman–Crippen LogP) is 4.36. The van der Waals surface area contributed by atoms with Crippen LogP contribution in [0.1, 0.15) is 37.6 Å². The number of aryl methyl sites for hydroxylation is 1. The Balaban J connectivity index is 1.55. The molecule has 1 aliphatic rings. The van der Waals surface area contributed by atoms with Crippen LogP contribution in [0.15, 0.2) is 47.0 Å². The lowest BCUT2D eigenvalue weighted by Crippen LogP contribution is -2.25. The average molecular weight is 407 g/mol. The van der Waals surface area contributed by atoms with Crippen molar-refractivity contribution in [1.29, 1.82) is 0 Å². The molecule has 30 heavy (non-hydrogen) atoms. The van der Waals surface area contributed by atoms with Crippen LogP contribution in [0.3, 0.4) is 0 Å². The smallest absolute Gasteiger partial charge is 0.232 e. The van der Waals surface area contributed by atoms with Gasteiger partial charge in [0.15, 0.2) is 11.5 Å². The zero-order chi connectivity index (χ0) is 21.3. The summed E-state index contributed by atoms with van der Waals surface area (Å²) in [4.78, 5) is 19.0. The molecule has 0 spiro atoms. The lowest BCUT2D eigenvalue weighted by Gasteiger charge is -2.18. The Morgan fingerprint density at radius 1 is 1.17 bits per heavy atom. The largest absolute Gasteiger partial charge is 0.493 e. The number of anilines is 1. The number of hydrogen-bond acceptors (Lipinski definition) is 6. The highest BCUT2D eigenvalue weighted by Crippen LogP contribution is 2.35. The van der Waals surface area contributed by atoms with Gasteiger partial charge in [-0.15, -0.1) is 0 Å². The summed E-state index contributed by atoms with van der Waals surface area (Å²) in [5.41, 5.74) is 2.75. The van der Waals surface area contributed by atoms with Crippen molar-refractivity contribution in [2.75, 3.05) is 18.6 Å². The van der Waals surface area contributed by atoms with Crippen LogP contribution in [0.4, 0.5) is 5.69 Å². The van der Waals surface area contributed by atoms with Gasteiger partial charge in [-0.2, -0.15) is 4.98 Å². The summed E-state index contributed by atoms with van der Waals surface area (Å²) in [7, 11) is 1.60. The maximum absolute atomic E-state index is 12.6. The van der Waals surface area contributed by atoms with Gasteiger partial charge in [0, 0.05) is 24.2 Å². The van der Waals surface area contributed by atoms with Crippen molar-refractivity contribution < 1.29 is 18.8 Å². The Morgan fingerprint density at radius 2 is 1.97 bits per heavy atom. The maximum atomic E-state index is 12.6. The third kappa shape index (κ3) is 3.87. The topological polar surface area (TPSA) is 77.7 Å². The van der Waals surface area contributed by atoms with Gasteiger partial charge in [0.2, 0.25) is 17.6 Å². The number of nitrogens with zero attached hydrogens (tertiary/aromatic N) is 3. The fourth-order valence-corrected chi connectivity index (χ4v) is 3.65. The minimum atomic E-state index is -0.135. The van der Waals surface area contributed by atoms with Crippen molar-refractivity contribution in [1.82, 2.24) is 10.1 Å². The highest BCUT2D eigenvalue weighted by atomic mass is 16.5. The summed E-state index contributed by atoms with van der Waals surface area (Å²) in [6, 6.07) is 13.4. The molecule has 2 heterocycles.